The number of aromatic nitrogens is 2. The fraction of sp³-hybridized carbons (Fsp3) is 0.429. The molecule has 1 aliphatic heterocycles. The number of halogens is 3. The summed E-state index contributed by atoms with van der Waals surface area (Å²) in [4.78, 5) is 22.7. The summed E-state index contributed by atoms with van der Waals surface area (Å²) in [6.45, 7) is -0.335. The molecule has 1 amide bonds. The second-order valence-electron chi connectivity index (χ2n) is 3.08. The Morgan fingerprint density at radius 1 is 1.25 bits per heavy atom. The summed E-state index contributed by atoms with van der Waals surface area (Å²) in [5, 5.41) is 5.81. The number of ketones is 1. The zero-order valence-corrected chi connectivity index (χ0v) is 7.61. The first kappa shape index (κ1) is 10.6. The molecule has 0 unspecified atom stereocenters. The van der Waals surface area contributed by atoms with Crippen LogP contribution in [-0.2, 0) is 15.8 Å². The van der Waals surface area contributed by atoms with E-state index in [1.54, 1.807) is 0 Å². The van der Waals surface area contributed by atoms with E-state index in [2.05, 4.69) is 14.6 Å². The summed E-state index contributed by atoms with van der Waals surface area (Å²) in [6.07, 6.45) is -5.12. The van der Waals surface area contributed by atoms with Crippen molar-refractivity contribution in [2.24, 2.45) is 0 Å². The lowest BCUT2D eigenvalue weighted by atomic mass is 10.3. The number of alkyl halides is 3. The van der Waals surface area contributed by atoms with E-state index in [0.717, 1.165) is 4.90 Å². The van der Waals surface area contributed by atoms with Crippen LogP contribution in [0.3, 0.4) is 0 Å². The number of hydrogen-bond donors (Lipinski definition) is 0. The van der Waals surface area contributed by atoms with Crippen LogP contribution in [0.25, 0.3) is 0 Å². The van der Waals surface area contributed by atoms with Crippen LogP contribution >= 0.6 is 0 Å². The highest BCUT2D eigenvalue weighted by molar-refractivity contribution is 6.14. The smallest absolute Gasteiger partial charge is 0.399 e. The number of amides is 1. The van der Waals surface area contributed by atoms with E-state index in [0.29, 0.717) is 0 Å². The van der Waals surface area contributed by atoms with Crippen molar-refractivity contribution in [2.75, 3.05) is 11.4 Å². The van der Waals surface area contributed by atoms with E-state index in [-0.39, 0.29) is 13.0 Å². The quantitative estimate of drug-likeness (QED) is 0.658. The van der Waals surface area contributed by atoms with Gasteiger partial charge >= 0.3 is 18.1 Å². The van der Waals surface area contributed by atoms with Gasteiger partial charge in [0.15, 0.2) is 5.78 Å². The molecule has 2 heterocycles. The molecule has 9 heteroatoms. The van der Waals surface area contributed by atoms with Crippen LogP contribution in [0.1, 0.15) is 12.3 Å². The number of nitrogens with zero attached hydrogens (tertiary/aromatic N) is 3. The molecule has 16 heavy (non-hydrogen) atoms. The molecule has 0 spiro atoms. The summed E-state index contributed by atoms with van der Waals surface area (Å²) in [7, 11) is 0. The Morgan fingerprint density at radius 2 is 1.94 bits per heavy atom. The lowest BCUT2D eigenvalue weighted by Gasteiger charge is -2.06. The second kappa shape index (κ2) is 3.29. The Bertz CT molecular complexity index is 453. The van der Waals surface area contributed by atoms with Gasteiger partial charge in [0.05, 0.1) is 13.0 Å². The average molecular weight is 235 g/mol. The summed E-state index contributed by atoms with van der Waals surface area (Å²) >= 11 is 0. The van der Waals surface area contributed by atoms with Gasteiger partial charge in [-0.2, -0.15) is 13.2 Å². The predicted molar refractivity (Wildman–Crippen MR) is 41.3 cm³/mol. The molecule has 1 saturated heterocycles. The van der Waals surface area contributed by atoms with Crippen molar-refractivity contribution in [2.45, 2.75) is 12.6 Å². The van der Waals surface area contributed by atoms with Crippen molar-refractivity contribution in [3.63, 3.8) is 0 Å². The van der Waals surface area contributed by atoms with Gasteiger partial charge < -0.3 is 4.42 Å². The molecule has 0 atom stereocenters. The highest BCUT2D eigenvalue weighted by atomic mass is 19.4. The maximum atomic E-state index is 12.1. The minimum absolute atomic E-state index is 0.335. The molecule has 2 rings (SSSR count). The zero-order valence-electron chi connectivity index (χ0n) is 7.61. The zero-order chi connectivity index (χ0) is 11.9. The van der Waals surface area contributed by atoms with Crippen LogP contribution < -0.4 is 4.90 Å². The maximum Gasteiger partial charge on any atom is 0.470 e. The topological polar surface area (TPSA) is 76.3 Å². The van der Waals surface area contributed by atoms with E-state index in [1.807, 2.05) is 0 Å². The highest BCUT2D eigenvalue weighted by Crippen LogP contribution is 2.30. The maximum absolute atomic E-state index is 12.1. The van der Waals surface area contributed by atoms with Crippen LogP contribution in [0.4, 0.5) is 19.2 Å². The molecule has 1 fully saturated rings. The average Bonchev–Trinajstić information content (AvgIpc) is 2.70. The van der Waals surface area contributed by atoms with E-state index in [4.69, 9.17) is 0 Å². The predicted octanol–water partition coefficient (Wildman–Crippen LogP) is 0.394. The Hall–Kier alpha value is -1.93. The Kier molecular flexibility index (Phi) is 2.17. The lowest BCUT2D eigenvalue weighted by molar-refractivity contribution is -0.157. The van der Waals surface area contributed by atoms with Crippen LogP contribution in [0, 0.1) is 0 Å². The summed E-state index contributed by atoms with van der Waals surface area (Å²) in [5.74, 6) is -2.60. The Morgan fingerprint density at radius 3 is 2.38 bits per heavy atom. The normalized spacial score (nSPS) is 17.3. The van der Waals surface area contributed by atoms with Crippen molar-refractivity contribution in [1.82, 2.24) is 10.2 Å². The van der Waals surface area contributed by atoms with E-state index < -0.39 is 29.8 Å². The second-order valence-corrected chi connectivity index (χ2v) is 3.08. The van der Waals surface area contributed by atoms with Gasteiger partial charge in [-0.1, -0.05) is 5.10 Å². The first-order chi connectivity index (χ1) is 7.38. The van der Waals surface area contributed by atoms with Crippen LogP contribution in [-0.4, -0.2) is 28.4 Å². The molecule has 0 radical (unpaired) electrons. The molecular formula is C7H4F3N3O3. The van der Waals surface area contributed by atoms with Crippen molar-refractivity contribution >= 4 is 17.7 Å². The molecule has 0 bridgehead atoms. The molecule has 1 aromatic rings. The molecule has 1 aliphatic rings. The van der Waals surface area contributed by atoms with E-state index in [1.165, 1.54) is 0 Å². The van der Waals surface area contributed by atoms with Gasteiger partial charge in [-0.05, 0) is 0 Å². The molecule has 0 aromatic carbocycles. The Labute approximate surface area is 86.0 Å². The third-order valence-electron chi connectivity index (χ3n) is 1.87. The van der Waals surface area contributed by atoms with Crippen molar-refractivity contribution in [3.8, 4) is 0 Å². The lowest BCUT2D eigenvalue weighted by Crippen LogP contribution is -2.24. The van der Waals surface area contributed by atoms with Crippen molar-refractivity contribution in [1.29, 1.82) is 0 Å². The summed E-state index contributed by atoms with van der Waals surface area (Å²) in [6, 6.07) is -0.608. The third-order valence-corrected chi connectivity index (χ3v) is 1.87. The number of Topliss-reactive ketones (excluding diaryl/α,β-unsaturated/α-hetero) is 1. The number of hydrogen-bond acceptors (Lipinski definition) is 5. The van der Waals surface area contributed by atoms with E-state index in [9.17, 15) is 22.8 Å². The number of carbonyl (C=O) groups is 2. The monoisotopic (exact) mass is 235 g/mol. The SMILES string of the molecule is O=C1CC(=O)N(c2nnc(C(F)(F)F)o2)C1. The minimum atomic E-state index is -4.77. The van der Waals surface area contributed by atoms with Gasteiger partial charge in [-0.3, -0.25) is 14.5 Å². The highest BCUT2D eigenvalue weighted by Gasteiger charge is 2.40. The molecule has 1 aromatic heterocycles. The molecule has 86 valence electrons. The standard InChI is InChI=1S/C7H4F3N3O3/c8-7(9,10)5-11-12-6(16-5)13-2-3(14)1-4(13)15/h1-2H2. The molecule has 6 nitrogen and oxygen atoms in total. The third kappa shape index (κ3) is 1.75. The van der Waals surface area contributed by atoms with Crippen molar-refractivity contribution < 1.29 is 27.2 Å². The van der Waals surface area contributed by atoms with Crippen LogP contribution in [0.2, 0.25) is 0 Å². The molecule has 0 saturated carbocycles. The molecular weight excluding hydrogens is 231 g/mol. The van der Waals surface area contributed by atoms with Gasteiger partial charge in [-0.15, -0.1) is 5.10 Å². The number of carbonyl (C=O) groups excluding carboxylic acids is 2. The Balaban J connectivity index is 2.26. The number of rotatable bonds is 1. The number of anilines is 1. The van der Waals surface area contributed by atoms with Gasteiger partial charge in [0.1, 0.15) is 0 Å². The minimum Gasteiger partial charge on any atom is -0.399 e. The van der Waals surface area contributed by atoms with Crippen LogP contribution in [0.5, 0.6) is 0 Å². The summed E-state index contributed by atoms with van der Waals surface area (Å²) < 4.78 is 40.5. The van der Waals surface area contributed by atoms with Gasteiger partial charge in [-0.25, -0.2) is 0 Å². The summed E-state index contributed by atoms with van der Waals surface area (Å²) in [5.41, 5.74) is 0. The molecule has 0 N–H and O–H groups in total. The van der Waals surface area contributed by atoms with Gasteiger partial charge in [0, 0.05) is 0 Å². The van der Waals surface area contributed by atoms with Gasteiger partial charge in [0.25, 0.3) is 0 Å². The fourth-order valence-electron chi connectivity index (χ4n) is 1.20. The first-order valence-electron chi connectivity index (χ1n) is 4.10. The largest absolute Gasteiger partial charge is 0.470 e. The van der Waals surface area contributed by atoms with Crippen LogP contribution in [0.15, 0.2) is 4.42 Å². The van der Waals surface area contributed by atoms with Crippen molar-refractivity contribution in [3.05, 3.63) is 5.89 Å². The van der Waals surface area contributed by atoms with E-state index >= 15 is 0 Å². The first-order valence-corrected chi connectivity index (χ1v) is 4.10. The fourth-order valence-corrected chi connectivity index (χ4v) is 1.20. The van der Waals surface area contributed by atoms with Gasteiger partial charge in [0.2, 0.25) is 5.91 Å². The molecule has 0 aliphatic carbocycles.